The van der Waals surface area contributed by atoms with Crippen molar-refractivity contribution in [2.75, 3.05) is 0 Å². The molecule has 94 valence electrons. The van der Waals surface area contributed by atoms with Crippen LogP contribution in [0.15, 0.2) is 30.5 Å². The topological polar surface area (TPSA) is 43.8 Å². The number of halogens is 1. The van der Waals surface area contributed by atoms with Crippen LogP contribution in [0.2, 0.25) is 0 Å². The van der Waals surface area contributed by atoms with Crippen LogP contribution in [0.1, 0.15) is 36.1 Å². The van der Waals surface area contributed by atoms with Gasteiger partial charge in [0.2, 0.25) is 0 Å². The van der Waals surface area contributed by atoms with Crippen LogP contribution in [0, 0.1) is 5.82 Å². The van der Waals surface area contributed by atoms with Gasteiger partial charge in [-0.1, -0.05) is 12.1 Å². The monoisotopic (exact) mass is 245 g/mol. The molecule has 0 fully saturated rings. The van der Waals surface area contributed by atoms with E-state index in [0.717, 1.165) is 42.8 Å². The number of hydrogen-bond donors (Lipinski definition) is 1. The molecule has 1 atom stereocenters. The summed E-state index contributed by atoms with van der Waals surface area (Å²) in [6, 6.07) is 6.56. The normalized spacial score (nSPS) is 18.7. The Labute approximate surface area is 105 Å². The molecular weight excluding hydrogens is 229 g/mol. The number of nitrogens with two attached hydrogens (primary N) is 1. The average molecular weight is 245 g/mol. The molecule has 2 heterocycles. The SMILES string of the molecule is NC1CCCc2nc(Cc3ccc(F)cc3)cn21. The Morgan fingerprint density at radius 3 is 2.83 bits per heavy atom. The van der Waals surface area contributed by atoms with Crippen molar-refractivity contribution < 1.29 is 4.39 Å². The molecule has 2 N–H and O–H groups in total. The summed E-state index contributed by atoms with van der Waals surface area (Å²) in [6.45, 7) is 0. The van der Waals surface area contributed by atoms with Crippen molar-refractivity contribution in [2.45, 2.75) is 31.8 Å². The van der Waals surface area contributed by atoms with Gasteiger partial charge in [0.25, 0.3) is 0 Å². The second-order valence-corrected chi connectivity index (χ2v) is 4.82. The molecule has 0 aliphatic carbocycles. The van der Waals surface area contributed by atoms with Crippen LogP contribution in [0.4, 0.5) is 4.39 Å². The Balaban J connectivity index is 1.83. The van der Waals surface area contributed by atoms with E-state index in [1.165, 1.54) is 12.1 Å². The quantitative estimate of drug-likeness (QED) is 0.883. The van der Waals surface area contributed by atoms with Crippen molar-refractivity contribution in [3.63, 3.8) is 0 Å². The number of imidazole rings is 1. The molecule has 1 aliphatic heterocycles. The zero-order valence-electron chi connectivity index (χ0n) is 10.1. The van der Waals surface area contributed by atoms with Gasteiger partial charge in [-0.05, 0) is 30.5 Å². The predicted octanol–water partition coefficient (Wildman–Crippen LogP) is 2.41. The molecule has 4 heteroatoms. The van der Waals surface area contributed by atoms with Crippen molar-refractivity contribution in [1.29, 1.82) is 0 Å². The molecular formula is C14H16FN3. The first-order valence-electron chi connectivity index (χ1n) is 6.29. The Morgan fingerprint density at radius 1 is 1.33 bits per heavy atom. The van der Waals surface area contributed by atoms with E-state index < -0.39 is 0 Å². The molecule has 0 amide bonds. The lowest BCUT2D eigenvalue weighted by molar-refractivity contribution is 0.408. The summed E-state index contributed by atoms with van der Waals surface area (Å²) in [5.41, 5.74) is 8.12. The summed E-state index contributed by atoms with van der Waals surface area (Å²) >= 11 is 0. The molecule has 1 aromatic carbocycles. The van der Waals surface area contributed by atoms with Crippen LogP contribution in [0.5, 0.6) is 0 Å². The summed E-state index contributed by atoms with van der Waals surface area (Å²) < 4.78 is 14.9. The minimum absolute atomic E-state index is 0.0585. The van der Waals surface area contributed by atoms with E-state index in [0.29, 0.717) is 0 Å². The van der Waals surface area contributed by atoms with Crippen molar-refractivity contribution in [2.24, 2.45) is 5.73 Å². The minimum atomic E-state index is -0.204. The van der Waals surface area contributed by atoms with Crippen molar-refractivity contribution in [3.05, 3.63) is 53.4 Å². The van der Waals surface area contributed by atoms with Crippen LogP contribution in [0.25, 0.3) is 0 Å². The van der Waals surface area contributed by atoms with Crippen LogP contribution in [-0.4, -0.2) is 9.55 Å². The molecule has 0 saturated carbocycles. The van der Waals surface area contributed by atoms with Gasteiger partial charge in [0.15, 0.2) is 0 Å². The van der Waals surface area contributed by atoms with Crippen LogP contribution >= 0.6 is 0 Å². The lowest BCUT2D eigenvalue weighted by Gasteiger charge is -2.20. The molecule has 1 aliphatic rings. The number of rotatable bonds is 2. The molecule has 0 radical (unpaired) electrons. The van der Waals surface area contributed by atoms with E-state index >= 15 is 0 Å². The molecule has 0 bridgehead atoms. The Bertz CT molecular complexity index is 545. The van der Waals surface area contributed by atoms with Crippen LogP contribution in [-0.2, 0) is 12.8 Å². The van der Waals surface area contributed by atoms with Gasteiger partial charge in [-0.3, -0.25) is 0 Å². The Kier molecular flexibility index (Phi) is 2.88. The molecule has 3 rings (SSSR count). The van der Waals surface area contributed by atoms with Crippen molar-refractivity contribution in [1.82, 2.24) is 9.55 Å². The van der Waals surface area contributed by atoms with Crippen LogP contribution < -0.4 is 5.73 Å². The molecule has 1 aromatic heterocycles. The second-order valence-electron chi connectivity index (χ2n) is 4.82. The number of aromatic nitrogens is 2. The van der Waals surface area contributed by atoms with Gasteiger partial charge in [0.05, 0.1) is 11.9 Å². The van der Waals surface area contributed by atoms with Gasteiger partial charge in [0, 0.05) is 19.0 Å². The first kappa shape index (κ1) is 11.4. The third-order valence-electron chi connectivity index (χ3n) is 3.41. The number of benzene rings is 1. The number of hydrogen-bond acceptors (Lipinski definition) is 2. The first-order valence-corrected chi connectivity index (χ1v) is 6.29. The fourth-order valence-electron chi connectivity index (χ4n) is 2.46. The first-order chi connectivity index (χ1) is 8.72. The molecule has 0 saturated heterocycles. The van der Waals surface area contributed by atoms with E-state index in [2.05, 4.69) is 9.55 Å². The number of nitrogens with zero attached hydrogens (tertiary/aromatic N) is 2. The highest BCUT2D eigenvalue weighted by molar-refractivity contribution is 5.22. The summed E-state index contributed by atoms with van der Waals surface area (Å²) in [6.07, 6.45) is 5.93. The molecule has 0 spiro atoms. The molecule has 1 unspecified atom stereocenters. The fourth-order valence-corrected chi connectivity index (χ4v) is 2.46. The van der Waals surface area contributed by atoms with Gasteiger partial charge in [-0.2, -0.15) is 0 Å². The third-order valence-corrected chi connectivity index (χ3v) is 3.41. The average Bonchev–Trinajstić information content (AvgIpc) is 2.76. The Morgan fingerprint density at radius 2 is 2.11 bits per heavy atom. The van der Waals surface area contributed by atoms with Gasteiger partial charge < -0.3 is 10.3 Å². The summed E-state index contributed by atoms with van der Waals surface area (Å²) in [4.78, 5) is 4.61. The lowest BCUT2D eigenvalue weighted by Crippen LogP contribution is -2.24. The largest absolute Gasteiger partial charge is 0.319 e. The van der Waals surface area contributed by atoms with E-state index in [-0.39, 0.29) is 12.0 Å². The summed E-state index contributed by atoms with van der Waals surface area (Å²) in [5, 5.41) is 0. The maximum Gasteiger partial charge on any atom is 0.123 e. The van der Waals surface area contributed by atoms with Crippen molar-refractivity contribution in [3.8, 4) is 0 Å². The van der Waals surface area contributed by atoms with E-state index in [1.54, 1.807) is 12.1 Å². The predicted molar refractivity (Wildman–Crippen MR) is 67.6 cm³/mol. The van der Waals surface area contributed by atoms with Gasteiger partial charge >= 0.3 is 0 Å². The van der Waals surface area contributed by atoms with Gasteiger partial charge in [-0.25, -0.2) is 9.37 Å². The van der Waals surface area contributed by atoms with E-state index in [9.17, 15) is 4.39 Å². The minimum Gasteiger partial charge on any atom is -0.319 e. The van der Waals surface area contributed by atoms with E-state index in [4.69, 9.17) is 5.73 Å². The zero-order chi connectivity index (χ0) is 12.5. The number of fused-ring (bicyclic) bond motifs is 1. The lowest BCUT2D eigenvalue weighted by atomic mass is 10.1. The maximum absolute atomic E-state index is 12.8. The fraction of sp³-hybridized carbons (Fsp3) is 0.357. The standard InChI is InChI=1S/C14H16FN3/c15-11-6-4-10(5-7-11)8-12-9-18-13(16)2-1-3-14(18)17-12/h4-7,9,13H,1-3,8,16H2. The summed E-state index contributed by atoms with van der Waals surface area (Å²) in [5.74, 6) is 0.871. The number of aryl methyl sites for hydroxylation is 1. The Hall–Kier alpha value is -1.68. The van der Waals surface area contributed by atoms with E-state index in [1.807, 2.05) is 6.20 Å². The third kappa shape index (κ3) is 2.16. The molecule has 18 heavy (non-hydrogen) atoms. The van der Waals surface area contributed by atoms with Gasteiger partial charge in [-0.15, -0.1) is 0 Å². The second kappa shape index (κ2) is 4.53. The highest BCUT2D eigenvalue weighted by atomic mass is 19.1. The zero-order valence-corrected chi connectivity index (χ0v) is 10.1. The molecule has 3 nitrogen and oxygen atoms in total. The highest BCUT2D eigenvalue weighted by Crippen LogP contribution is 2.22. The van der Waals surface area contributed by atoms with Crippen molar-refractivity contribution >= 4 is 0 Å². The van der Waals surface area contributed by atoms with Crippen LogP contribution in [0.3, 0.4) is 0 Å². The highest BCUT2D eigenvalue weighted by Gasteiger charge is 2.18. The smallest absolute Gasteiger partial charge is 0.123 e. The summed E-state index contributed by atoms with van der Waals surface area (Å²) in [7, 11) is 0. The maximum atomic E-state index is 12.8. The molecule has 2 aromatic rings. The van der Waals surface area contributed by atoms with Gasteiger partial charge in [0.1, 0.15) is 11.6 Å².